The molecule has 2 rings (SSSR count). The molecule has 1 aliphatic rings. The summed E-state index contributed by atoms with van der Waals surface area (Å²) in [5, 5.41) is 16.3. The highest BCUT2D eigenvalue weighted by atomic mass is 35.5. The average molecular weight is 341 g/mol. The molecule has 0 aliphatic heterocycles. The fraction of sp³-hybridized carbons (Fsp3) is 0.588. The fourth-order valence-corrected chi connectivity index (χ4v) is 2.96. The Bertz CT molecular complexity index is 503. The monoisotopic (exact) mass is 340 g/mol. The molecular weight excluding hydrogens is 316 g/mol. The van der Waals surface area contributed by atoms with E-state index >= 15 is 0 Å². The van der Waals surface area contributed by atoms with Crippen LogP contribution in [0.1, 0.15) is 37.4 Å². The van der Waals surface area contributed by atoms with Gasteiger partial charge in [-0.15, -0.1) is 0 Å². The summed E-state index contributed by atoms with van der Waals surface area (Å²) in [5.41, 5.74) is 0.910. The summed E-state index contributed by atoms with van der Waals surface area (Å²) in [7, 11) is 1.70. The van der Waals surface area contributed by atoms with Crippen LogP contribution in [0.4, 0.5) is 4.79 Å². The molecule has 1 aliphatic carbocycles. The topological polar surface area (TPSA) is 70.6 Å². The lowest BCUT2D eigenvalue weighted by Crippen LogP contribution is -2.46. The largest absolute Gasteiger partial charge is 0.387 e. The molecule has 1 atom stereocenters. The van der Waals surface area contributed by atoms with Crippen LogP contribution in [-0.4, -0.2) is 37.9 Å². The third-order valence-electron chi connectivity index (χ3n) is 4.59. The van der Waals surface area contributed by atoms with E-state index in [0.717, 1.165) is 31.4 Å². The molecule has 5 nitrogen and oxygen atoms in total. The standard InChI is InChI=1S/C17H25ClN2O3/c1-23-10-9-17(7-2-8-17)12-20-16(22)19-11-15(21)13-3-5-14(18)6-4-13/h3-6,15,21H,2,7-12H2,1H3,(H2,19,20,22). The number of rotatable bonds is 8. The molecule has 0 bridgehead atoms. The smallest absolute Gasteiger partial charge is 0.314 e. The molecule has 1 saturated carbocycles. The number of hydrogen-bond acceptors (Lipinski definition) is 3. The number of halogens is 1. The van der Waals surface area contributed by atoms with E-state index in [1.807, 2.05) is 0 Å². The van der Waals surface area contributed by atoms with Crippen LogP contribution < -0.4 is 10.6 Å². The van der Waals surface area contributed by atoms with Gasteiger partial charge < -0.3 is 20.5 Å². The first kappa shape index (κ1) is 18.0. The zero-order valence-electron chi connectivity index (χ0n) is 13.5. The molecule has 6 heteroatoms. The Labute approximate surface area is 142 Å². The van der Waals surface area contributed by atoms with Crippen LogP contribution in [0.25, 0.3) is 0 Å². The maximum absolute atomic E-state index is 11.9. The number of carbonyl (C=O) groups excluding carboxylic acids is 1. The summed E-state index contributed by atoms with van der Waals surface area (Å²) < 4.78 is 5.15. The molecule has 3 N–H and O–H groups in total. The van der Waals surface area contributed by atoms with Gasteiger partial charge in [0.05, 0.1) is 6.10 Å². The summed E-state index contributed by atoms with van der Waals surface area (Å²) >= 11 is 5.81. The van der Waals surface area contributed by atoms with Crippen LogP contribution in [0.5, 0.6) is 0 Å². The lowest BCUT2D eigenvalue weighted by Gasteiger charge is -2.42. The number of ether oxygens (including phenoxy) is 1. The van der Waals surface area contributed by atoms with Gasteiger partial charge in [-0.2, -0.15) is 0 Å². The lowest BCUT2D eigenvalue weighted by atomic mass is 9.67. The molecule has 1 unspecified atom stereocenters. The second-order valence-electron chi connectivity index (χ2n) is 6.23. The molecule has 23 heavy (non-hydrogen) atoms. The minimum Gasteiger partial charge on any atom is -0.387 e. The van der Waals surface area contributed by atoms with Crippen LogP contribution in [-0.2, 0) is 4.74 Å². The average Bonchev–Trinajstić information content (AvgIpc) is 2.52. The molecule has 0 saturated heterocycles. The van der Waals surface area contributed by atoms with Gasteiger partial charge in [0, 0.05) is 31.8 Å². The van der Waals surface area contributed by atoms with Crippen molar-refractivity contribution in [2.45, 2.75) is 31.8 Å². The summed E-state index contributed by atoms with van der Waals surface area (Å²) in [6.45, 7) is 1.54. The van der Waals surface area contributed by atoms with Gasteiger partial charge in [0.1, 0.15) is 0 Å². The van der Waals surface area contributed by atoms with Gasteiger partial charge in [-0.25, -0.2) is 4.79 Å². The maximum atomic E-state index is 11.9. The number of urea groups is 1. The first-order chi connectivity index (χ1) is 11.0. The van der Waals surface area contributed by atoms with Crippen molar-refractivity contribution in [1.29, 1.82) is 0 Å². The predicted octanol–water partition coefficient (Wildman–Crippen LogP) is 2.88. The lowest BCUT2D eigenvalue weighted by molar-refractivity contribution is 0.0710. The van der Waals surface area contributed by atoms with Crippen molar-refractivity contribution in [3.8, 4) is 0 Å². The Morgan fingerprint density at radius 2 is 2.04 bits per heavy atom. The first-order valence-electron chi connectivity index (χ1n) is 7.99. The summed E-state index contributed by atoms with van der Waals surface area (Å²) in [5.74, 6) is 0. The predicted molar refractivity (Wildman–Crippen MR) is 90.6 cm³/mol. The van der Waals surface area contributed by atoms with Crippen LogP contribution in [0.3, 0.4) is 0 Å². The number of methoxy groups -OCH3 is 1. The van der Waals surface area contributed by atoms with E-state index in [0.29, 0.717) is 11.6 Å². The summed E-state index contributed by atoms with van der Waals surface area (Å²) in [4.78, 5) is 11.9. The van der Waals surface area contributed by atoms with E-state index in [-0.39, 0.29) is 18.0 Å². The number of carbonyl (C=O) groups is 1. The van der Waals surface area contributed by atoms with Crippen molar-refractivity contribution >= 4 is 17.6 Å². The van der Waals surface area contributed by atoms with Crippen molar-refractivity contribution in [2.75, 3.05) is 26.8 Å². The Morgan fingerprint density at radius 1 is 1.35 bits per heavy atom. The second kappa shape index (κ2) is 8.52. The van der Waals surface area contributed by atoms with Crippen molar-refractivity contribution < 1.29 is 14.6 Å². The highest BCUT2D eigenvalue weighted by Gasteiger charge is 2.36. The highest BCUT2D eigenvalue weighted by molar-refractivity contribution is 6.30. The number of hydrogen-bond donors (Lipinski definition) is 3. The van der Waals surface area contributed by atoms with E-state index in [9.17, 15) is 9.90 Å². The molecule has 1 aromatic carbocycles. The number of nitrogens with one attached hydrogen (secondary N) is 2. The first-order valence-corrected chi connectivity index (χ1v) is 8.37. The van der Waals surface area contributed by atoms with Gasteiger partial charge in [0.15, 0.2) is 0 Å². The zero-order valence-corrected chi connectivity index (χ0v) is 14.2. The number of benzene rings is 1. The second-order valence-corrected chi connectivity index (χ2v) is 6.66. The van der Waals surface area contributed by atoms with Crippen molar-refractivity contribution in [3.05, 3.63) is 34.9 Å². The van der Waals surface area contributed by atoms with Crippen LogP contribution in [0, 0.1) is 5.41 Å². The number of aliphatic hydroxyl groups excluding tert-OH is 1. The Morgan fingerprint density at radius 3 is 2.61 bits per heavy atom. The molecule has 1 fully saturated rings. The third-order valence-corrected chi connectivity index (χ3v) is 4.84. The van der Waals surface area contributed by atoms with E-state index in [2.05, 4.69) is 10.6 Å². The van der Waals surface area contributed by atoms with E-state index < -0.39 is 6.10 Å². The Hall–Kier alpha value is -1.30. The van der Waals surface area contributed by atoms with Gasteiger partial charge in [-0.3, -0.25) is 0 Å². The van der Waals surface area contributed by atoms with Gasteiger partial charge in [0.2, 0.25) is 0 Å². The molecule has 1 aromatic rings. The van der Waals surface area contributed by atoms with Crippen LogP contribution in [0.15, 0.2) is 24.3 Å². The highest BCUT2D eigenvalue weighted by Crippen LogP contribution is 2.43. The van der Waals surface area contributed by atoms with Crippen molar-refractivity contribution in [3.63, 3.8) is 0 Å². The minimum absolute atomic E-state index is 0.165. The van der Waals surface area contributed by atoms with Crippen LogP contribution in [0.2, 0.25) is 5.02 Å². The van der Waals surface area contributed by atoms with E-state index in [1.54, 1.807) is 31.4 Å². The quantitative estimate of drug-likeness (QED) is 0.681. The molecule has 2 amide bonds. The maximum Gasteiger partial charge on any atom is 0.314 e. The fourth-order valence-electron chi connectivity index (χ4n) is 2.83. The Balaban J connectivity index is 1.71. The molecule has 0 radical (unpaired) electrons. The molecular formula is C17H25ClN2O3. The van der Waals surface area contributed by atoms with E-state index in [1.165, 1.54) is 6.42 Å². The van der Waals surface area contributed by atoms with Gasteiger partial charge >= 0.3 is 6.03 Å². The molecule has 0 heterocycles. The number of aliphatic hydroxyl groups is 1. The molecule has 0 aromatic heterocycles. The summed E-state index contributed by atoms with van der Waals surface area (Å²) in [6, 6.07) is 6.69. The summed E-state index contributed by atoms with van der Waals surface area (Å²) in [6.07, 6.45) is 3.69. The Kier molecular flexibility index (Phi) is 6.69. The number of amides is 2. The van der Waals surface area contributed by atoms with E-state index in [4.69, 9.17) is 16.3 Å². The van der Waals surface area contributed by atoms with Gasteiger partial charge in [-0.05, 0) is 42.4 Å². The molecule has 0 spiro atoms. The van der Waals surface area contributed by atoms with Gasteiger partial charge in [0.25, 0.3) is 0 Å². The van der Waals surface area contributed by atoms with Crippen LogP contribution >= 0.6 is 11.6 Å². The molecule has 128 valence electrons. The minimum atomic E-state index is -0.746. The van der Waals surface area contributed by atoms with Gasteiger partial charge in [-0.1, -0.05) is 30.2 Å². The zero-order chi connectivity index (χ0) is 16.7. The normalized spacial score (nSPS) is 17.2. The SMILES string of the molecule is COCCC1(CNC(=O)NCC(O)c2ccc(Cl)cc2)CCC1. The third kappa shape index (κ3) is 5.37. The van der Waals surface area contributed by atoms with Crippen molar-refractivity contribution in [1.82, 2.24) is 10.6 Å². The van der Waals surface area contributed by atoms with Crippen molar-refractivity contribution in [2.24, 2.45) is 5.41 Å².